The van der Waals surface area contributed by atoms with Gasteiger partial charge in [-0.05, 0) is 17.7 Å². The predicted octanol–water partition coefficient (Wildman–Crippen LogP) is 2.74. The maximum atomic E-state index is 11.2. The van der Waals surface area contributed by atoms with Gasteiger partial charge in [-0.2, -0.15) is 11.8 Å². The fourth-order valence-corrected chi connectivity index (χ4v) is 2.22. The summed E-state index contributed by atoms with van der Waals surface area (Å²) in [6, 6.07) is 7.62. The lowest BCUT2D eigenvalue weighted by Gasteiger charge is -2.06. The number of anilines is 1. The number of rotatable bonds is 7. The molecule has 1 amide bonds. The van der Waals surface area contributed by atoms with Crippen LogP contribution in [0.5, 0.6) is 0 Å². The van der Waals surface area contributed by atoms with Crippen molar-refractivity contribution in [1.29, 1.82) is 0 Å². The summed E-state index contributed by atoms with van der Waals surface area (Å²) in [5.74, 6) is 0.571. The molecule has 0 bridgehead atoms. The lowest BCUT2D eigenvalue weighted by Crippen LogP contribution is -2.09. The van der Waals surface area contributed by atoms with Crippen LogP contribution in [0.4, 0.5) is 5.69 Å². The van der Waals surface area contributed by atoms with E-state index in [-0.39, 0.29) is 12.3 Å². The van der Waals surface area contributed by atoms with Gasteiger partial charge in [-0.25, -0.2) is 0 Å². The van der Waals surface area contributed by atoms with E-state index in [1.54, 1.807) is 18.7 Å². The molecule has 0 aromatic heterocycles. The van der Waals surface area contributed by atoms with Crippen molar-refractivity contribution in [1.82, 2.24) is 0 Å². The Morgan fingerprint density at radius 3 is 2.83 bits per heavy atom. The molecule has 0 unspecified atom stereocenters. The highest BCUT2D eigenvalue weighted by molar-refractivity contribution is 7.98. The van der Waals surface area contributed by atoms with Gasteiger partial charge in [-0.15, -0.1) is 0 Å². The monoisotopic (exact) mass is 267 g/mol. The maximum absolute atomic E-state index is 11.2. The number of carboxylic acids is 1. The zero-order valence-electron chi connectivity index (χ0n) is 10.3. The normalized spacial score (nSPS) is 10.1. The van der Waals surface area contributed by atoms with Crippen molar-refractivity contribution in [2.24, 2.45) is 0 Å². The summed E-state index contributed by atoms with van der Waals surface area (Å²) in [7, 11) is 0. The summed E-state index contributed by atoms with van der Waals surface area (Å²) in [5, 5.41) is 11.3. The molecule has 2 N–H and O–H groups in total. The van der Waals surface area contributed by atoms with Gasteiger partial charge in [-0.3, -0.25) is 9.59 Å². The van der Waals surface area contributed by atoms with Gasteiger partial charge in [0.05, 0.1) is 6.42 Å². The molecule has 18 heavy (non-hydrogen) atoms. The van der Waals surface area contributed by atoms with Crippen LogP contribution in [0, 0.1) is 0 Å². The lowest BCUT2D eigenvalue weighted by molar-refractivity contribution is -0.136. The summed E-state index contributed by atoms with van der Waals surface area (Å²) in [6.45, 7) is 1.81. The average molecular weight is 267 g/mol. The molecule has 0 aliphatic heterocycles. The second-order valence-electron chi connectivity index (χ2n) is 3.80. The van der Waals surface area contributed by atoms with Crippen LogP contribution in [0.15, 0.2) is 24.3 Å². The topological polar surface area (TPSA) is 66.4 Å². The summed E-state index contributed by atoms with van der Waals surface area (Å²) < 4.78 is 0. The van der Waals surface area contributed by atoms with Crippen LogP contribution < -0.4 is 5.32 Å². The van der Waals surface area contributed by atoms with Gasteiger partial charge in [0.15, 0.2) is 0 Å². The largest absolute Gasteiger partial charge is 0.481 e. The fraction of sp³-hybridized carbons (Fsp3) is 0.385. The molecule has 0 fully saturated rings. The van der Waals surface area contributed by atoms with Gasteiger partial charge in [0.2, 0.25) is 5.91 Å². The second kappa shape index (κ2) is 7.76. The van der Waals surface area contributed by atoms with E-state index >= 15 is 0 Å². The number of hydrogen-bond acceptors (Lipinski definition) is 3. The van der Waals surface area contributed by atoms with E-state index in [1.165, 1.54) is 0 Å². The highest BCUT2D eigenvalue weighted by Gasteiger charge is 2.01. The summed E-state index contributed by atoms with van der Waals surface area (Å²) in [5.41, 5.74) is 1.87. The van der Waals surface area contributed by atoms with Crippen molar-refractivity contribution in [3.63, 3.8) is 0 Å². The SMILES string of the molecule is CCC(=O)Nc1cccc(CSCCC(=O)O)c1. The number of nitrogens with one attached hydrogen (secondary N) is 1. The minimum atomic E-state index is -0.772. The Labute approximate surface area is 111 Å². The van der Waals surface area contributed by atoms with Crippen LogP contribution in [-0.4, -0.2) is 22.7 Å². The second-order valence-corrected chi connectivity index (χ2v) is 4.90. The van der Waals surface area contributed by atoms with E-state index in [1.807, 2.05) is 24.3 Å². The van der Waals surface area contributed by atoms with Gasteiger partial charge in [-0.1, -0.05) is 19.1 Å². The number of hydrogen-bond donors (Lipinski definition) is 2. The summed E-state index contributed by atoms with van der Waals surface area (Å²) >= 11 is 1.57. The first-order valence-electron chi connectivity index (χ1n) is 5.80. The van der Waals surface area contributed by atoms with Crippen LogP contribution >= 0.6 is 11.8 Å². The van der Waals surface area contributed by atoms with Gasteiger partial charge >= 0.3 is 5.97 Å². The van der Waals surface area contributed by atoms with E-state index in [2.05, 4.69) is 5.32 Å². The van der Waals surface area contributed by atoms with Crippen molar-refractivity contribution in [2.75, 3.05) is 11.1 Å². The molecule has 0 spiro atoms. The van der Waals surface area contributed by atoms with Crippen molar-refractivity contribution in [3.8, 4) is 0 Å². The quantitative estimate of drug-likeness (QED) is 0.745. The molecule has 0 aliphatic rings. The molecule has 0 atom stereocenters. The van der Waals surface area contributed by atoms with Gasteiger partial charge < -0.3 is 10.4 Å². The predicted molar refractivity (Wildman–Crippen MR) is 73.8 cm³/mol. The molecule has 1 aromatic rings. The number of thioether (sulfide) groups is 1. The molecule has 0 saturated carbocycles. The van der Waals surface area contributed by atoms with E-state index < -0.39 is 5.97 Å². The van der Waals surface area contributed by atoms with Crippen LogP contribution in [0.1, 0.15) is 25.3 Å². The number of carbonyl (C=O) groups is 2. The number of carboxylic acid groups (broad SMARTS) is 1. The van der Waals surface area contributed by atoms with Crippen molar-refractivity contribution in [2.45, 2.75) is 25.5 Å². The Bertz CT molecular complexity index is 420. The third kappa shape index (κ3) is 5.72. The summed E-state index contributed by atoms with van der Waals surface area (Å²) in [6.07, 6.45) is 0.633. The molecule has 98 valence electrons. The van der Waals surface area contributed by atoms with Crippen LogP contribution in [-0.2, 0) is 15.3 Å². The summed E-state index contributed by atoms with van der Waals surface area (Å²) in [4.78, 5) is 21.6. The Hall–Kier alpha value is -1.49. The number of aliphatic carboxylic acids is 1. The standard InChI is InChI=1S/C13H17NO3S/c1-2-12(15)14-11-5-3-4-10(8-11)9-18-7-6-13(16)17/h3-5,8H,2,6-7,9H2,1H3,(H,14,15)(H,16,17). The molecular weight excluding hydrogens is 250 g/mol. The molecule has 1 aromatic carbocycles. The van der Waals surface area contributed by atoms with E-state index in [0.717, 1.165) is 17.0 Å². The van der Waals surface area contributed by atoms with E-state index in [9.17, 15) is 9.59 Å². The van der Waals surface area contributed by atoms with Crippen molar-refractivity contribution >= 4 is 29.3 Å². The van der Waals surface area contributed by atoms with Gasteiger partial charge in [0.25, 0.3) is 0 Å². The first-order valence-corrected chi connectivity index (χ1v) is 6.95. The fourth-order valence-electron chi connectivity index (χ4n) is 1.34. The van der Waals surface area contributed by atoms with Gasteiger partial charge in [0, 0.05) is 23.6 Å². The Balaban J connectivity index is 2.44. The Kier molecular flexibility index (Phi) is 6.28. The van der Waals surface area contributed by atoms with E-state index in [4.69, 9.17) is 5.11 Å². The molecule has 5 heteroatoms. The first-order chi connectivity index (χ1) is 8.61. The van der Waals surface area contributed by atoms with Crippen LogP contribution in [0.3, 0.4) is 0 Å². The molecule has 0 saturated heterocycles. The van der Waals surface area contributed by atoms with Crippen molar-refractivity contribution < 1.29 is 14.7 Å². The highest BCUT2D eigenvalue weighted by Crippen LogP contribution is 2.17. The molecule has 4 nitrogen and oxygen atoms in total. The van der Waals surface area contributed by atoms with Crippen LogP contribution in [0.2, 0.25) is 0 Å². The molecular formula is C13H17NO3S. The molecule has 1 rings (SSSR count). The minimum absolute atomic E-state index is 0.00863. The Morgan fingerprint density at radius 2 is 2.17 bits per heavy atom. The van der Waals surface area contributed by atoms with E-state index in [0.29, 0.717) is 12.2 Å². The average Bonchev–Trinajstić information content (AvgIpc) is 2.35. The zero-order valence-corrected chi connectivity index (χ0v) is 11.1. The third-order valence-electron chi connectivity index (χ3n) is 2.26. The number of carbonyl (C=O) groups excluding carboxylic acids is 1. The molecule has 0 radical (unpaired) electrons. The van der Waals surface area contributed by atoms with Crippen LogP contribution in [0.25, 0.3) is 0 Å². The maximum Gasteiger partial charge on any atom is 0.304 e. The lowest BCUT2D eigenvalue weighted by atomic mass is 10.2. The molecule has 0 aliphatic carbocycles. The van der Waals surface area contributed by atoms with Gasteiger partial charge in [0.1, 0.15) is 0 Å². The smallest absolute Gasteiger partial charge is 0.304 e. The third-order valence-corrected chi connectivity index (χ3v) is 3.29. The number of amides is 1. The number of benzene rings is 1. The zero-order chi connectivity index (χ0) is 13.4. The highest BCUT2D eigenvalue weighted by atomic mass is 32.2. The molecule has 0 heterocycles. The Morgan fingerprint density at radius 1 is 1.39 bits per heavy atom. The first kappa shape index (κ1) is 14.6. The minimum Gasteiger partial charge on any atom is -0.481 e. The van der Waals surface area contributed by atoms with Crippen molar-refractivity contribution in [3.05, 3.63) is 29.8 Å².